The van der Waals surface area contributed by atoms with Crippen LogP contribution in [0.25, 0.3) is 11.2 Å². The maximum Gasteiger partial charge on any atom is 0.177 e. The van der Waals surface area contributed by atoms with Gasteiger partial charge >= 0.3 is 0 Å². The first-order valence-corrected chi connectivity index (χ1v) is 3.89. The number of imidazole rings is 1. The Labute approximate surface area is 72.6 Å². The first-order valence-electron chi connectivity index (χ1n) is 3.35. The highest BCUT2D eigenvalue weighted by Crippen LogP contribution is 2.10. The lowest BCUT2D eigenvalue weighted by molar-refractivity contribution is 0.624. The summed E-state index contributed by atoms with van der Waals surface area (Å²) in [5.74, 6) is 0.495. The van der Waals surface area contributed by atoms with Gasteiger partial charge in [0, 0.05) is 6.07 Å². The lowest BCUT2D eigenvalue weighted by Gasteiger charge is -1.85. The first kappa shape index (κ1) is 7.49. The molecular weight excluding hydrogens is 181 g/mol. The highest BCUT2D eigenvalue weighted by Gasteiger charge is 2.02. The molecule has 0 amide bonds. The van der Waals surface area contributed by atoms with Gasteiger partial charge in [0.1, 0.15) is 11.6 Å². The molecule has 0 fully saturated rings. The molecule has 0 aliphatic rings. The molecule has 12 heavy (non-hydrogen) atoms. The zero-order valence-corrected chi connectivity index (χ0v) is 6.77. The molecule has 0 aromatic carbocycles. The summed E-state index contributed by atoms with van der Waals surface area (Å²) in [7, 11) is 0. The van der Waals surface area contributed by atoms with Crippen molar-refractivity contribution in [1.29, 1.82) is 0 Å². The number of halogens is 2. The van der Waals surface area contributed by atoms with Gasteiger partial charge in [-0.1, -0.05) is 0 Å². The van der Waals surface area contributed by atoms with Crippen LogP contribution in [-0.4, -0.2) is 15.0 Å². The van der Waals surface area contributed by atoms with Crippen LogP contribution in [0.5, 0.6) is 0 Å². The second-order valence-electron chi connectivity index (χ2n) is 2.34. The molecule has 2 aromatic heterocycles. The number of fused-ring (bicyclic) bond motifs is 1. The Bertz CT molecular complexity index is 412. The number of aromatic amines is 1. The Morgan fingerprint density at radius 3 is 3.17 bits per heavy atom. The van der Waals surface area contributed by atoms with Crippen LogP contribution in [0.15, 0.2) is 12.3 Å². The molecule has 0 spiro atoms. The largest absolute Gasteiger partial charge is 0.340 e. The summed E-state index contributed by atoms with van der Waals surface area (Å²) in [6, 6.07) is 1.34. The highest BCUT2D eigenvalue weighted by atomic mass is 35.5. The van der Waals surface area contributed by atoms with E-state index in [9.17, 15) is 4.39 Å². The maximum atomic E-state index is 12.6. The third-order valence-corrected chi connectivity index (χ3v) is 1.73. The number of H-pyrrole nitrogens is 1. The Kier molecular flexibility index (Phi) is 1.69. The predicted molar refractivity (Wildman–Crippen MR) is 43.4 cm³/mol. The molecule has 0 bridgehead atoms. The molecule has 0 saturated carbocycles. The average Bonchev–Trinajstić information content (AvgIpc) is 2.46. The molecule has 62 valence electrons. The SMILES string of the molecule is Fc1cnc2nc(CCl)[nH]c2c1. The molecule has 2 rings (SSSR count). The minimum absolute atomic E-state index is 0.276. The van der Waals surface area contributed by atoms with Crippen molar-refractivity contribution in [1.82, 2.24) is 15.0 Å². The molecule has 0 aliphatic carbocycles. The van der Waals surface area contributed by atoms with Gasteiger partial charge < -0.3 is 4.98 Å². The van der Waals surface area contributed by atoms with E-state index in [0.29, 0.717) is 17.0 Å². The van der Waals surface area contributed by atoms with Crippen LogP contribution in [0.1, 0.15) is 5.82 Å². The van der Waals surface area contributed by atoms with Crippen molar-refractivity contribution >= 4 is 22.8 Å². The van der Waals surface area contributed by atoms with Crippen LogP contribution >= 0.6 is 11.6 Å². The first-order chi connectivity index (χ1) is 5.79. The summed E-state index contributed by atoms with van der Waals surface area (Å²) in [5.41, 5.74) is 1.07. The summed E-state index contributed by atoms with van der Waals surface area (Å²) in [5, 5.41) is 0. The van der Waals surface area contributed by atoms with E-state index in [1.807, 2.05) is 0 Å². The molecule has 0 aliphatic heterocycles. The van der Waals surface area contributed by atoms with E-state index in [-0.39, 0.29) is 11.7 Å². The number of aromatic nitrogens is 3. The zero-order valence-electron chi connectivity index (χ0n) is 6.01. The summed E-state index contributed by atoms with van der Waals surface area (Å²) in [6.07, 6.45) is 1.13. The molecule has 1 N–H and O–H groups in total. The minimum Gasteiger partial charge on any atom is -0.340 e. The second kappa shape index (κ2) is 2.71. The van der Waals surface area contributed by atoms with Crippen molar-refractivity contribution < 1.29 is 4.39 Å². The quantitative estimate of drug-likeness (QED) is 0.689. The van der Waals surface area contributed by atoms with Crippen molar-refractivity contribution in [2.75, 3.05) is 0 Å². The van der Waals surface area contributed by atoms with E-state index >= 15 is 0 Å². The van der Waals surface area contributed by atoms with Gasteiger partial charge in [-0.25, -0.2) is 14.4 Å². The molecule has 2 aromatic rings. The Morgan fingerprint density at radius 2 is 2.42 bits per heavy atom. The predicted octanol–water partition coefficient (Wildman–Crippen LogP) is 1.84. The number of rotatable bonds is 1. The van der Waals surface area contributed by atoms with Crippen LogP contribution in [0.3, 0.4) is 0 Å². The van der Waals surface area contributed by atoms with Crippen molar-refractivity contribution in [3.05, 3.63) is 23.9 Å². The summed E-state index contributed by atoms with van der Waals surface area (Å²) in [6.45, 7) is 0. The lowest BCUT2D eigenvalue weighted by Crippen LogP contribution is -1.79. The molecular formula is C7H5ClFN3. The smallest absolute Gasteiger partial charge is 0.177 e. The van der Waals surface area contributed by atoms with E-state index in [1.54, 1.807) is 0 Å². The maximum absolute atomic E-state index is 12.6. The number of hydrogen-bond donors (Lipinski definition) is 1. The normalized spacial score (nSPS) is 10.8. The fourth-order valence-electron chi connectivity index (χ4n) is 0.988. The third kappa shape index (κ3) is 1.14. The van der Waals surface area contributed by atoms with Crippen LogP contribution < -0.4 is 0 Å². The summed E-state index contributed by atoms with van der Waals surface area (Å²) >= 11 is 5.52. The zero-order chi connectivity index (χ0) is 8.55. The topological polar surface area (TPSA) is 41.6 Å². The Hall–Kier alpha value is -1.16. The van der Waals surface area contributed by atoms with Crippen molar-refractivity contribution in [3.63, 3.8) is 0 Å². The van der Waals surface area contributed by atoms with Gasteiger partial charge in [0.15, 0.2) is 5.65 Å². The fraction of sp³-hybridized carbons (Fsp3) is 0.143. The van der Waals surface area contributed by atoms with E-state index in [4.69, 9.17) is 11.6 Å². The lowest BCUT2D eigenvalue weighted by atomic mass is 10.4. The number of alkyl halides is 1. The number of nitrogens with zero attached hydrogens (tertiary/aromatic N) is 2. The van der Waals surface area contributed by atoms with Gasteiger partial charge in [0.2, 0.25) is 0 Å². The molecule has 5 heteroatoms. The molecule has 0 atom stereocenters. The average molecular weight is 186 g/mol. The summed E-state index contributed by atoms with van der Waals surface area (Å²) < 4.78 is 12.6. The Morgan fingerprint density at radius 1 is 1.58 bits per heavy atom. The van der Waals surface area contributed by atoms with Crippen molar-refractivity contribution in [2.24, 2.45) is 0 Å². The van der Waals surface area contributed by atoms with E-state index in [0.717, 1.165) is 6.20 Å². The van der Waals surface area contributed by atoms with Gasteiger partial charge in [-0.2, -0.15) is 0 Å². The van der Waals surface area contributed by atoms with Crippen LogP contribution in [-0.2, 0) is 5.88 Å². The summed E-state index contributed by atoms with van der Waals surface area (Å²) in [4.78, 5) is 10.6. The minimum atomic E-state index is -0.382. The van der Waals surface area contributed by atoms with Gasteiger partial charge in [0.05, 0.1) is 17.6 Å². The van der Waals surface area contributed by atoms with Crippen molar-refractivity contribution in [3.8, 4) is 0 Å². The van der Waals surface area contributed by atoms with Crippen LogP contribution in [0, 0.1) is 5.82 Å². The molecule has 2 heterocycles. The number of pyridine rings is 1. The number of hydrogen-bond acceptors (Lipinski definition) is 2. The van der Waals surface area contributed by atoms with Crippen molar-refractivity contribution in [2.45, 2.75) is 5.88 Å². The third-order valence-electron chi connectivity index (χ3n) is 1.48. The van der Waals surface area contributed by atoms with Crippen LogP contribution in [0.4, 0.5) is 4.39 Å². The monoisotopic (exact) mass is 185 g/mol. The van der Waals surface area contributed by atoms with Gasteiger partial charge in [-0.15, -0.1) is 11.6 Å². The van der Waals surface area contributed by atoms with Crippen LogP contribution in [0.2, 0.25) is 0 Å². The molecule has 3 nitrogen and oxygen atoms in total. The number of nitrogens with one attached hydrogen (secondary N) is 1. The van der Waals surface area contributed by atoms with E-state index < -0.39 is 0 Å². The van der Waals surface area contributed by atoms with E-state index in [2.05, 4.69) is 15.0 Å². The fourth-order valence-corrected chi connectivity index (χ4v) is 1.11. The second-order valence-corrected chi connectivity index (χ2v) is 2.61. The van der Waals surface area contributed by atoms with E-state index in [1.165, 1.54) is 6.07 Å². The van der Waals surface area contributed by atoms with Gasteiger partial charge in [-0.3, -0.25) is 0 Å². The van der Waals surface area contributed by atoms with Gasteiger partial charge in [-0.05, 0) is 0 Å². The Balaban J connectivity index is 2.67. The molecule has 0 radical (unpaired) electrons. The highest BCUT2D eigenvalue weighted by molar-refractivity contribution is 6.16. The standard InChI is InChI=1S/C7H5ClFN3/c8-2-6-11-5-1-4(9)3-10-7(5)12-6/h1,3H,2H2,(H,10,11,12). The molecule has 0 unspecified atom stereocenters. The molecule has 0 saturated heterocycles. The van der Waals surface area contributed by atoms with Gasteiger partial charge in [0.25, 0.3) is 0 Å².